The molecular formula is C32H39NO5. The van der Waals surface area contributed by atoms with Crippen molar-refractivity contribution in [3.05, 3.63) is 89.0 Å². The minimum atomic E-state index is -0.525. The van der Waals surface area contributed by atoms with E-state index in [2.05, 4.69) is 44.7 Å². The first-order chi connectivity index (χ1) is 18.1. The van der Waals surface area contributed by atoms with Crippen molar-refractivity contribution in [3.63, 3.8) is 0 Å². The number of aromatic hydroxyl groups is 1. The van der Waals surface area contributed by atoms with Gasteiger partial charge in [0.1, 0.15) is 17.2 Å². The lowest BCUT2D eigenvalue weighted by Gasteiger charge is -2.33. The van der Waals surface area contributed by atoms with E-state index in [1.165, 1.54) is 0 Å². The molecule has 0 radical (unpaired) electrons. The average Bonchev–Trinajstić information content (AvgIpc) is 2.90. The molecule has 1 N–H and O–H groups in total. The van der Waals surface area contributed by atoms with E-state index in [1.807, 2.05) is 25.1 Å². The summed E-state index contributed by atoms with van der Waals surface area (Å²) in [5.74, 6) is -0.0123. The van der Waals surface area contributed by atoms with E-state index >= 15 is 0 Å². The summed E-state index contributed by atoms with van der Waals surface area (Å²) >= 11 is 0. The summed E-state index contributed by atoms with van der Waals surface area (Å²) in [4.78, 5) is 27.1. The maximum Gasteiger partial charge on any atom is 0.343 e. The molecule has 0 fully saturated rings. The highest BCUT2D eigenvalue weighted by Crippen LogP contribution is 2.40. The summed E-state index contributed by atoms with van der Waals surface area (Å²) in [6.45, 7) is 13.2. The molecule has 202 valence electrons. The number of hydrogen-bond acceptors (Lipinski definition) is 6. The molecule has 0 spiro atoms. The average molecular weight is 518 g/mol. The predicted molar refractivity (Wildman–Crippen MR) is 150 cm³/mol. The Balaban J connectivity index is 1.96. The van der Waals surface area contributed by atoms with Gasteiger partial charge in [-0.25, -0.2) is 4.79 Å². The molecule has 6 heteroatoms. The number of carbonyl (C=O) groups is 2. The Hall–Kier alpha value is -3.64. The summed E-state index contributed by atoms with van der Waals surface area (Å²) in [6.07, 6.45) is 1.05. The summed E-state index contributed by atoms with van der Waals surface area (Å²) in [5.41, 5.74) is 2.91. The number of benzene rings is 3. The molecular weight excluding hydrogens is 478 g/mol. The van der Waals surface area contributed by atoms with Crippen LogP contribution in [0.15, 0.2) is 66.7 Å². The van der Waals surface area contributed by atoms with Crippen LogP contribution in [0.5, 0.6) is 17.2 Å². The molecule has 0 saturated heterocycles. The van der Waals surface area contributed by atoms with E-state index in [4.69, 9.17) is 9.47 Å². The first kappa shape index (κ1) is 28.9. The second-order valence-electron chi connectivity index (χ2n) is 10.0. The van der Waals surface area contributed by atoms with Gasteiger partial charge in [0.2, 0.25) is 0 Å². The molecule has 0 amide bonds. The van der Waals surface area contributed by atoms with E-state index in [-0.39, 0.29) is 24.1 Å². The van der Waals surface area contributed by atoms with Crippen molar-refractivity contribution >= 4 is 11.9 Å². The Morgan fingerprint density at radius 2 is 1.50 bits per heavy atom. The van der Waals surface area contributed by atoms with Gasteiger partial charge in [0, 0.05) is 30.0 Å². The monoisotopic (exact) mass is 517 g/mol. The topological polar surface area (TPSA) is 76.1 Å². The zero-order valence-corrected chi connectivity index (χ0v) is 23.2. The molecule has 0 saturated carbocycles. The molecule has 3 aromatic rings. The normalized spacial score (nSPS) is 12.1. The van der Waals surface area contributed by atoms with Crippen molar-refractivity contribution in [3.8, 4) is 17.2 Å². The van der Waals surface area contributed by atoms with E-state index in [9.17, 15) is 14.7 Å². The summed E-state index contributed by atoms with van der Waals surface area (Å²) in [6, 6.07) is 20.4. The lowest BCUT2D eigenvalue weighted by molar-refractivity contribution is -0.134. The fourth-order valence-corrected chi connectivity index (χ4v) is 4.79. The lowest BCUT2D eigenvalue weighted by Crippen LogP contribution is -2.38. The van der Waals surface area contributed by atoms with Crippen molar-refractivity contribution in [2.45, 2.75) is 72.4 Å². The fraction of sp³-hybridized carbons (Fsp3) is 0.375. The van der Waals surface area contributed by atoms with Crippen LogP contribution in [0, 0.1) is 6.92 Å². The van der Waals surface area contributed by atoms with Gasteiger partial charge in [-0.1, -0.05) is 37.3 Å². The van der Waals surface area contributed by atoms with Crippen LogP contribution in [-0.4, -0.2) is 40.6 Å². The molecule has 0 aliphatic rings. The van der Waals surface area contributed by atoms with Gasteiger partial charge >= 0.3 is 11.9 Å². The van der Waals surface area contributed by atoms with Crippen LogP contribution < -0.4 is 9.47 Å². The third-order valence-corrected chi connectivity index (χ3v) is 6.81. The summed E-state index contributed by atoms with van der Waals surface area (Å²) in [5, 5.41) is 10.7. The van der Waals surface area contributed by atoms with Gasteiger partial charge in [0.25, 0.3) is 0 Å². The van der Waals surface area contributed by atoms with Crippen LogP contribution in [0.4, 0.5) is 0 Å². The number of hydrogen-bond donors (Lipinski definition) is 1. The molecule has 0 aromatic heterocycles. The molecule has 0 aliphatic carbocycles. The van der Waals surface area contributed by atoms with Gasteiger partial charge in [-0.2, -0.15) is 0 Å². The van der Waals surface area contributed by atoms with Gasteiger partial charge in [0.15, 0.2) is 0 Å². The maximum atomic E-state index is 13.2. The molecule has 0 heterocycles. The van der Waals surface area contributed by atoms with Crippen LogP contribution in [0.2, 0.25) is 0 Å². The predicted octanol–water partition coefficient (Wildman–Crippen LogP) is 6.88. The van der Waals surface area contributed by atoms with Crippen molar-refractivity contribution < 1.29 is 24.2 Å². The molecule has 3 aromatic carbocycles. The van der Waals surface area contributed by atoms with Crippen molar-refractivity contribution in [1.82, 2.24) is 4.90 Å². The number of phenols is 1. The minimum Gasteiger partial charge on any atom is -0.508 e. The van der Waals surface area contributed by atoms with Gasteiger partial charge in [-0.3, -0.25) is 9.69 Å². The van der Waals surface area contributed by atoms with Gasteiger partial charge in [-0.15, -0.1) is 0 Å². The van der Waals surface area contributed by atoms with Crippen LogP contribution in [-0.2, 0) is 4.79 Å². The number of ether oxygens (including phenoxy) is 2. The van der Waals surface area contributed by atoms with Crippen LogP contribution in [0.1, 0.15) is 80.4 Å². The van der Waals surface area contributed by atoms with Crippen molar-refractivity contribution in [2.24, 2.45) is 0 Å². The fourth-order valence-electron chi connectivity index (χ4n) is 4.79. The minimum absolute atomic E-state index is 0.0954. The van der Waals surface area contributed by atoms with Crippen molar-refractivity contribution in [1.29, 1.82) is 0 Å². The Morgan fingerprint density at radius 3 is 2.08 bits per heavy atom. The van der Waals surface area contributed by atoms with E-state index in [1.54, 1.807) is 43.3 Å². The molecule has 3 rings (SSSR count). The van der Waals surface area contributed by atoms with Gasteiger partial charge < -0.3 is 14.6 Å². The van der Waals surface area contributed by atoms with E-state index in [0.29, 0.717) is 34.7 Å². The van der Waals surface area contributed by atoms with Crippen molar-refractivity contribution in [2.75, 3.05) is 6.54 Å². The molecule has 0 aliphatic heterocycles. The Bertz CT molecular complexity index is 1210. The zero-order chi connectivity index (χ0) is 27.8. The SMILES string of the molecule is CCC(=O)Oc1ccc(C(=O)Oc2ccc(O)c(C)c2[C@H](CCN(C(C)C)C(C)C)c2ccccc2)cc1. The molecule has 1 atom stereocenters. The van der Waals surface area contributed by atoms with Crippen LogP contribution >= 0.6 is 0 Å². The molecule has 0 unspecified atom stereocenters. The Morgan fingerprint density at radius 1 is 0.868 bits per heavy atom. The highest BCUT2D eigenvalue weighted by Gasteiger charge is 2.26. The molecule has 38 heavy (non-hydrogen) atoms. The van der Waals surface area contributed by atoms with Gasteiger partial charge in [0.05, 0.1) is 5.56 Å². The first-order valence-electron chi connectivity index (χ1n) is 13.3. The van der Waals surface area contributed by atoms with Crippen LogP contribution in [0.25, 0.3) is 0 Å². The third kappa shape index (κ3) is 7.23. The Kier molecular flexibility index (Phi) is 10.1. The molecule has 0 bridgehead atoms. The summed E-state index contributed by atoms with van der Waals surface area (Å²) < 4.78 is 11.1. The quantitative estimate of drug-likeness (QED) is 0.221. The maximum absolute atomic E-state index is 13.2. The number of phenolic OH excluding ortho intramolecular Hbond substituents is 1. The third-order valence-electron chi connectivity index (χ3n) is 6.81. The number of rotatable bonds is 11. The zero-order valence-electron chi connectivity index (χ0n) is 23.2. The second kappa shape index (κ2) is 13.2. The largest absolute Gasteiger partial charge is 0.508 e. The highest BCUT2D eigenvalue weighted by atomic mass is 16.5. The number of nitrogens with zero attached hydrogens (tertiary/aromatic N) is 1. The number of carbonyl (C=O) groups excluding carboxylic acids is 2. The smallest absolute Gasteiger partial charge is 0.343 e. The van der Waals surface area contributed by atoms with Gasteiger partial charge in [-0.05, 0) is 95.1 Å². The lowest BCUT2D eigenvalue weighted by atomic mass is 9.84. The number of esters is 2. The highest BCUT2D eigenvalue weighted by molar-refractivity contribution is 5.91. The standard InChI is InChI=1S/C32H39NO5/c1-7-30(35)37-26-15-13-25(14-16-26)32(36)38-29-18-17-28(34)23(6)31(29)27(24-11-9-8-10-12-24)19-20-33(21(2)3)22(4)5/h8-18,21-22,27,34H,7,19-20H2,1-6H3/t27-/m1/s1. The first-order valence-corrected chi connectivity index (χ1v) is 13.3. The Labute approximate surface area is 226 Å². The molecule has 6 nitrogen and oxygen atoms in total. The van der Waals surface area contributed by atoms with Crippen LogP contribution in [0.3, 0.4) is 0 Å². The second-order valence-corrected chi connectivity index (χ2v) is 10.0. The summed E-state index contributed by atoms with van der Waals surface area (Å²) in [7, 11) is 0. The van der Waals surface area contributed by atoms with E-state index < -0.39 is 5.97 Å². The van der Waals surface area contributed by atoms with E-state index in [0.717, 1.165) is 24.1 Å².